The van der Waals surface area contributed by atoms with Crippen molar-refractivity contribution >= 4 is 0 Å². The summed E-state index contributed by atoms with van der Waals surface area (Å²) in [5.74, 6) is 0.905. The van der Waals surface area contributed by atoms with Gasteiger partial charge in [0.1, 0.15) is 5.75 Å². The van der Waals surface area contributed by atoms with Gasteiger partial charge < -0.3 is 4.74 Å². The smallest absolute Gasteiger partial charge is 0.122 e. The Morgan fingerprint density at radius 1 is 1.38 bits per heavy atom. The molecule has 1 heterocycles. The van der Waals surface area contributed by atoms with Gasteiger partial charge in [-0.1, -0.05) is 20.8 Å². The third-order valence-electron chi connectivity index (χ3n) is 1.54. The first kappa shape index (κ1) is 10.0. The summed E-state index contributed by atoms with van der Waals surface area (Å²) < 4.78 is 5.61. The molecule has 0 fully saturated rings. The normalized spacial score (nSPS) is 11.4. The molecule has 0 aliphatic rings. The van der Waals surface area contributed by atoms with Gasteiger partial charge in [-0.15, -0.1) is 0 Å². The van der Waals surface area contributed by atoms with Crippen LogP contribution < -0.4 is 4.74 Å². The second kappa shape index (κ2) is 3.77. The van der Waals surface area contributed by atoms with Gasteiger partial charge in [-0.05, 0) is 18.4 Å². The minimum absolute atomic E-state index is 0.206. The molecule has 1 aromatic rings. The minimum atomic E-state index is 0.206. The second-order valence-electron chi connectivity index (χ2n) is 4.48. The number of ether oxygens (including phenoxy) is 1. The molecule has 0 saturated heterocycles. The predicted octanol–water partition coefficient (Wildman–Crippen LogP) is 2.81. The molecule has 0 radical (unpaired) electrons. The van der Waals surface area contributed by atoms with Crippen molar-refractivity contribution in [1.82, 2.24) is 4.98 Å². The van der Waals surface area contributed by atoms with Crippen molar-refractivity contribution in [2.75, 3.05) is 6.61 Å². The molecular formula is C11H17NO. The first-order valence-corrected chi connectivity index (χ1v) is 4.53. The van der Waals surface area contributed by atoms with Crippen molar-refractivity contribution < 1.29 is 4.74 Å². The molecule has 72 valence electrons. The molecule has 0 aliphatic heterocycles. The number of aryl methyl sites for hydroxylation is 1. The maximum absolute atomic E-state index is 5.61. The molecule has 0 saturated carbocycles. The van der Waals surface area contributed by atoms with E-state index in [0.29, 0.717) is 0 Å². The molecule has 0 spiro atoms. The van der Waals surface area contributed by atoms with Crippen molar-refractivity contribution in [3.05, 3.63) is 24.0 Å². The highest BCUT2D eigenvalue weighted by molar-refractivity contribution is 5.21. The average Bonchev–Trinajstić information content (AvgIpc) is 2.00. The largest absolute Gasteiger partial charge is 0.493 e. The topological polar surface area (TPSA) is 22.1 Å². The number of rotatable bonds is 2. The Kier molecular flexibility index (Phi) is 2.91. The Morgan fingerprint density at radius 3 is 2.62 bits per heavy atom. The molecule has 2 nitrogen and oxygen atoms in total. The zero-order valence-electron chi connectivity index (χ0n) is 8.79. The van der Waals surface area contributed by atoms with Gasteiger partial charge in [0, 0.05) is 18.0 Å². The van der Waals surface area contributed by atoms with Crippen molar-refractivity contribution in [2.24, 2.45) is 5.41 Å². The van der Waals surface area contributed by atoms with E-state index in [2.05, 4.69) is 25.8 Å². The summed E-state index contributed by atoms with van der Waals surface area (Å²) >= 11 is 0. The van der Waals surface area contributed by atoms with Crippen LogP contribution in [-0.2, 0) is 0 Å². The van der Waals surface area contributed by atoms with E-state index < -0.39 is 0 Å². The van der Waals surface area contributed by atoms with Crippen molar-refractivity contribution in [1.29, 1.82) is 0 Å². The first-order chi connectivity index (χ1) is 5.97. The highest BCUT2D eigenvalue weighted by Crippen LogP contribution is 2.17. The summed E-state index contributed by atoms with van der Waals surface area (Å²) in [5, 5.41) is 0. The van der Waals surface area contributed by atoms with Gasteiger partial charge in [0.05, 0.1) is 6.61 Å². The lowest BCUT2D eigenvalue weighted by Gasteiger charge is -2.18. The van der Waals surface area contributed by atoms with Crippen molar-refractivity contribution in [3.63, 3.8) is 0 Å². The van der Waals surface area contributed by atoms with Crippen LogP contribution in [0.2, 0.25) is 0 Å². The first-order valence-electron chi connectivity index (χ1n) is 4.53. The molecule has 1 rings (SSSR count). The van der Waals surface area contributed by atoms with E-state index >= 15 is 0 Å². The number of aromatic nitrogens is 1. The van der Waals surface area contributed by atoms with Crippen LogP contribution in [0.1, 0.15) is 26.5 Å². The standard InChI is InChI=1S/C11H17NO/c1-9-7-10(5-6-12-9)13-8-11(2,3)4/h5-7H,8H2,1-4H3. The van der Waals surface area contributed by atoms with E-state index in [-0.39, 0.29) is 5.41 Å². The van der Waals surface area contributed by atoms with E-state index in [4.69, 9.17) is 4.74 Å². The zero-order valence-corrected chi connectivity index (χ0v) is 8.79. The van der Waals surface area contributed by atoms with E-state index in [1.165, 1.54) is 0 Å². The van der Waals surface area contributed by atoms with E-state index in [1.807, 2.05) is 19.1 Å². The Bertz CT molecular complexity index is 276. The zero-order chi connectivity index (χ0) is 9.90. The van der Waals surface area contributed by atoms with Crippen molar-refractivity contribution in [2.45, 2.75) is 27.7 Å². The van der Waals surface area contributed by atoms with Crippen LogP contribution in [0.15, 0.2) is 18.3 Å². The van der Waals surface area contributed by atoms with Gasteiger partial charge in [-0.25, -0.2) is 0 Å². The van der Waals surface area contributed by atoms with Crippen LogP contribution >= 0.6 is 0 Å². The average molecular weight is 179 g/mol. The molecule has 0 unspecified atom stereocenters. The third-order valence-corrected chi connectivity index (χ3v) is 1.54. The molecule has 0 atom stereocenters. The number of nitrogens with zero attached hydrogens (tertiary/aromatic N) is 1. The molecule has 0 N–H and O–H groups in total. The highest BCUT2D eigenvalue weighted by atomic mass is 16.5. The fourth-order valence-electron chi connectivity index (χ4n) is 0.909. The molecule has 0 amide bonds. The molecule has 2 heteroatoms. The predicted molar refractivity (Wildman–Crippen MR) is 53.9 cm³/mol. The van der Waals surface area contributed by atoms with Gasteiger partial charge >= 0.3 is 0 Å². The summed E-state index contributed by atoms with van der Waals surface area (Å²) in [7, 11) is 0. The Morgan fingerprint density at radius 2 is 2.08 bits per heavy atom. The molecule has 1 aromatic heterocycles. The molecule has 0 aromatic carbocycles. The highest BCUT2D eigenvalue weighted by Gasteiger charge is 2.10. The van der Waals surface area contributed by atoms with Crippen molar-refractivity contribution in [3.8, 4) is 5.75 Å². The van der Waals surface area contributed by atoms with Crippen LogP contribution in [0.3, 0.4) is 0 Å². The van der Waals surface area contributed by atoms with Gasteiger partial charge in [-0.3, -0.25) is 4.98 Å². The quantitative estimate of drug-likeness (QED) is 0.696. The van der Waals surface area contributed by atoms with E-state index in [1.54, 1.807) is 6.20 Å². The third kappa shape index (κ3) is 3.92. The van der Waals surface area contributed by atoms with E-state index in [9.17, 15) is 0 Å². The lowest BCUT2D eigenvalue weighted by atomic mass is 9.99. The Balaban J connectivity index is 2.55. The lowest BCUT2D eigenvalue weighted by Crippen LogP contribution is -2.16. The van der Waals surface area contributed by atoms with Crippen LogP contribution in [0.4, 0.5) is 0 Å². The Hall–Kier alpha value is -1.05. The SMILES string of the molecule is Cc1cc(OCC(C)(C)C)ccn1. The van der Waals surface area contributed by atoms with Gasteiger partial charge in [-0.2, -0.15) is 0 Å². The fourth-order valence-corrected chi connectivity index (χ4v) is 0.909. The molecule has 13 heavy (non-hydrogen) atoms. The summed E-state index contributed by atoms with van der Waals surface area (Å²) in [4.78, 5) is 4.10. The van der Waals surface area contributed by atoms with E-state index in [0.717, 1.165) is 18.1 Å². The van der Waals surface area contributed by atoms with Crippen LogP contribution in [0.25, 0.3) is 0 Å². The summed E-state index contributed by atoms with van der Waals surface area (Å²) in [6, 6.07) is 3.84. The maximum Gasteiger partial charge on any atom is 0.122 e. The second-order valence-corrected chi connectivity index (χ2v) is 4.48. The van der Waals surface area contributed by atoms with Gasteiger partial charge in [0.25, 0.3) is 0 Å². The molecule has 0 bridgehead atoms. The van der Waals surface area contributed by atoms with Gasteiger partial charge in [0.2, 0.25) is 0 Å². The van der Waals surface area contributed by atoms with Gasteiger partial charge in [0.15, 0.2) is 0 Å². The number of pyridine rings is 1. The lowest BCUT2D eigenvalue weighted by molar-refractivity contribution is 0.197. The maximum atomic E-state index is 5.61. The number of hydrogen-bond acceptors (Lipinski definition) is 2. The summed E-state index contributed by atoms with van der Waals surface area (Å²) in [6.45, 7) is 9.16. The van der Waals surface area contributed by atoms with Crippen LogP contribution in [-0.4, -0.2) is 11.6 Å². The monoisotopic (exact) mass is 179 g/mol. The molecule has 0 aliphatic carbocycles. The van der Waals surface area contributed by atoms with Crippen LogP contribution in [0, 0.1) is 12.3 Å². The summed E-state index contributed by atoms with van der Waals surface area (Å²) in [5.41, 5.74) is 1.20. The summed E-state index contributed by atoms with van der Waals surface area (Å²) in [6.07, 6.45) is 1.77. The minimum Gasteiger partial charge on any atom is -0.493 e. The Labute approximate surface area is 80.0 Å². The fraction of sp³-hybridized carbons (Fsp3) is 0.545. The molecular weight excluding hydrogens is 162 g/mol. The number of hydrogen-bond donors (Lipinski definition) is 0. The van der Waals surface area contributed by atoms with Crippen LogP contribution in [0.5, 0.6) is 5.75 Å².